The minimum Gasteiger partial charge on any atom is -0.465 e. The zero-order valence-electron chi connectivity index (χ0n) is 19.5. The molecular weight excluding hydrogens is 416 g/mol. The number of rotatable bonds is 4. The third kappa shape index (κ3) is 3.16. The molecule has 0 aromatic heterocycles. The number of hydrogen-bond acceptors (Lipinski definition) is 8. The number of aliphatic hydroxyl groups excluding tert-OH is 1. The van der Waals surface area contributed by atoms with Crippen LogP contribution < -0.4 is 0 Å². The Hall–Kier alpha value is -1.22. The molecule has 0 radical (unpaired) electrons. The largest absolute Gasteiger partial charge is 0.465 e. The first-order chi connectivity index (χ1) is 15.1. The molecule has 10 atom stereocenters. The molecule has 0 amide bonds. The van der Waals surface area contributed by atoms with E-state index < -0.39 is 17.3 Å². The lowest BCUT2D eigenvalue weighted by Gasteiger charge is -2.64. The number of ether oxygens (including phenoxy) is 5. The Morgan fingerprint density at radius 1 is 1.12 bits per heavy atom. The topological polar surface area (TPSA) is 104 Å². The predicted molar refractivity (Wildman–Crippen MR) is 111 cm³/mol. The van der Waals surface area contributed by atoms with Crippen molar-refractivity contribution in [3.8, 4) is 0 Å². The van der Waals surface area contributed by atoms with Crippen LogP contribution in [0.3, 0.4) is 0 Å². The fraction of sp³-hybridized carbons (Fsp3) is 0.917. The van der Waals surface area contributed by atoms with Crippen molar-refractivity contribution >= 4 is 11.9 Å². The second-order valence-corrected chi connectivity index (χ2v) is 11.0. The van der Waals surface area contributed by atoms with Gasteiger partial charge in [0.25, 0.3) is 0 Å². The van der Waals surface area contributed by atoms with Crippen molar-refractivity contribution in [2.45, 2.75) is 96.6 Å². The summed E-state index contributed by atoms with van der Waals surface area (Å²) in [5.41, 5.74) is -1.28. The van der Waals surface area contributed by atoms with Gasteiger partial charge in [-0.1, -0.05) is 20.3 Å². The van der Waals surface area contributed by atoms with E-state index in [1.807, 2.05) is 0 Å². The van der Waals surface area contributed by atoms with Crippen LogP contribution in [0.15, 0.2) is 0 Å². The summed E-state index contributed by atoms with van der Waals surface area (Å²) >= 11 is 0. The summed E-state index contributed by atoms with van der Waals surface area (Å²) in [5.74, 6) is -0.169. The fourth-order valence-corrected chi connectivity index (χ4v) is 7.79. The Morgan fingerprint density at radius 3 is 2.50 bits per heavy atom. The Bertz CT molecular complexity index is 766. The molecule has 32 heavy (non-hydrogen) atoms. The molecule has 1 spiro atoms. The van der Waals surface area contributed by atoms with Crippen molar-refractivity contribution in [2.75, 3.05) is 13.2 Å². The highest BCUT2D eigenvalue weighted by Crippen LogP contribution is 2.70. The van der Waals surface area contributed by atoms with Gasteiger partial charge in [-0.15, -0.1) is 0 Å². The van der Waals surface area contributed by atoms with Crippen molar-refractivity contribution in [3.63, 3.8) is 0 Å². The van der Waals surface area contributed by atoms with Crippen LogP contribution in [0.25, 0.3) is 0 Å². The van der Waals surface area contributed by atoms with Crippen LogP contribution >= 0.6 is 0 Å². The van der Waals surface area contributed by atoms with E-state index in [9.17, 15) is 14.7 Å². The summed E-state index contributed by atoms with van der Waals surface area (Å²) in [5, 5.41) is 9.88. The third-order valence-corrected chi connectivity index (χ3v) is 9.50. The van der Waals surface area contributed by atoms with Crippen LogP contribution in [0, 0.1) is 28.6 Å². The molecule has 0 aromatic rings. The van der Waals surface area contributed by atoms with Gasteiger partial charge in [-0.3, -0.25) is 9.59 Å². The Morgan fingerprint density at radius 2 is 1.88 bits per heavy atom. The molecule has 2 aliphatic carbocycles. The highest BCUT2D eigenvalue weighted by Gasteiger charge is 2.76. The Balaban J connectivity index is 1.55. The maximum atomic E-state index is 12.1. The lowest BCUT2D eigenvalue weighted by Crippen LogP contribution is -2.69. The molecule has 5 fully saturated rings. The number of fused-ring (bicyclic) bond motifs is 3. The van der Waals surface area contributed by atoms with E-state index >= 15 is 0 Å². The van der Waals surface area contributed by atoms with Gasteiger partial charge in [0.2, 0.25) is 0 Å². The molecule has 0 bridgehead atoms. The van der Waals surface area contributed by atoms with Crippen LogP contribution in [0.1, 0.15) is 66.2 Å². The number of epoxide rings is 1. The summed E-state index contributed by atoms with van der Waals surface area (Å²) in [6, 6.07) is 0. The van der Waals surface area contributed by atoms with Crippen molar-refractivity contribution in [3.05, 3.63) is 0 Å². The molecular formula is C24H36O8. The number of aliphatic hydroxyl groups is 1. The summed E-state index contributed by atoms with van der Waals surface area (Å²) in [6.45, 7) is 8.15. The molecule has 8 heteroatoms. The van der Waals surface area contributed by atoms with Gasteiger partial charge >= 0.3 is 11.9 Å². The molecule has 5 rings (SSSR count). The van der Waals surface area contributed by atoms with Crippen LogP contribution in [-0.2, 0) is 33.3 Å². The normalized spacial score (nSPS) is 51.7. The van der Waals surface area contributed by atoms with Crippen molar-refractivity contribution in [2.24, 2.45) is 28.6 Å². The average molecular weight is 453 g/mol. The van der Waals surface area contributed by atoms with Crippen molar-refractivity contribution in [1.29, 1.82) is 0 Å². The monoisotopic (exact) mass is 452 g/mol. The average Bonchev–Trinajstić information content (AvgIpc) is 3.24. The van der Waals surface area contributed by atoms with E-state index in [1.54, 1.807) is 0 Å². The zero-order chi connectivity index (χ0) is 22.9. The van der Waals surface area contributed by atoms with Crippen LogP contribution in [0.4, 0.5) is 0 Å². The first kappa shape index (κ1) is 22.6. The summed E-state index contributed by atoms with van der Waals surface area (Å²) in [7, 11) is 0. The Labute approximate surface area is 189 Å². The molecule has 180 valence electrons. The van der Waals surface area contributed by atoms with Gasteiger partial charge in [0.15, 0.2) is 12.6 Å². The standard InChI is InChI=1S/C24H36O8/c1-13-8-19(30-15(3)26)24(12-28-14(2)25)17(6-5-7-23(24)11-29-23)22(13,4)18-9-16-10-20(27)32-21(16)31-18/h13,16-21,27H,5-12H2,1-4H3/t13-,16+,17-,18+,19+,20?,21-,22+,23+,24+/m1/s1. The van der Waals surface area contributed by atoms with Gasteiger partial charge in [-0.2, -0.15) is 0 Å². The van der Waals surface area contributed by atoms with Gasteiger partial charge in [-0.25, -0.2) is 0 Å². The van der Waals surface area contributed by atoms with Crippen LogP contribution in [0.2, 0.25) is 0 Å². The fourth-order valence-electron chi connectivity index (χ4n) is 7.79. The molecule has 0 aromatic carbocycles. The van der Waals surface area contributed by atoms with Crippen molar-refractivity contribution < 1.29 is 38.4 Å². The van der Waals surface area contributed by atoms with Gasteiger partial charge in [0.1, 0.15) is 18.3 Å². The number of carbonyl (C=O) groups excluding carboxylic acids is 2. The molecule has 3 aliphatic heterocycles. The first-order valence-electron chi connectivity index (χ1n) is 12.1. The molecule has 1 unspecified atom stereocenters. The van der Waals surface area contributed by atoms with Crippen LogP contribution in [-0.4, -0.2) is 60.6 Å². The zero-order valence-corrected chi connectivity index (χ0v) is 19.5. The number of carbonyl (C=O) groups is 2. The quantitative estimate of drug-likeness (QED) is 0.513. The molecule has 1 N–H and O–H groups in total. The second kappa shape index (κ2) is 7.65. The lowest BCUT2D eigenvalue weighted by molar-refractivity contribution is -0.263. The van der Waals surface area contributed by atoms with E-state index in [1.165, 1.54) is 13.8 Å². The first-order valence-corrected chi connectivity index (χ1v) is 12.1. The minimum absolute atomic E-state index is 0.0473. The molecule has 5 aliphatic rings. The molecule has 3 heterocycles. The minimum atomic E-state index is -0.753. The van der Waals surface area contributed by atoms with Gasteiger partial charge < -0.3 is 28.8 Å². The maximum Gasteiger partial charge on any atom is 0.302 e. The second-order valence-electron chi connectivity index (χ2n) is 11.0. The van der Waals surface area contributed by atoms with E-state index in [2.05, 4.69) is 13.8 Å². The number of hydrogen-bond donors (Lipinski definition) is 1. The lowest BCUT2D eigenvalue weighted by atomic mass is 9.42. The maximum absolute atomic E-state index is 12.1. The van der Waals surface area contributed by atoms with Crippen molar-refractivity contribution in [1.82, 2.24) is 0 Å². The van der Waals surface area contributed by atoms with Crippen LogP contribution in [0.5, 0.6) is 0 Å². The summed E-state index contributed by atoms with van der Waals surface area (Å²) in [4.78, 5) is 24.1. The summed E-state index contributed by atoms with van der Waals surface area (Å²) in [6.07, 6.45) is 3.35. The summed E-state index contributed by atoms with van der Waals surface area (Å²) < 4.78 is 29.9. The Kier molecular flexibility index (Phi) is 5.40. The smallest absolute Gasteiger partial charge is 0.302 e. The van der Waals surface area contributed by atoms with Gasteiger partial charge in [0, 0.05) is 31.6 Å². The predicted octanol–water partition coefficient (Wildman–Crippen LogP) is 2.55. The highest BCUT2D eigenvalue weighted by molar-refractivity contribution is 5.67. The van der Waals surface area contributed by atoms with E-state index in [0.29, 0.717) is 19.4 Å². The third-order valence-electron chi connectivity index (χ3n) is 9.50. The highest BCUT2D eigenvalue weighted by atomic mass is 16.7. The number of esters is 2. The van der Waals surface area contributed by atoms with E-state index in [4.69, 9.17) is 23.7 Å². The SMILES string of the molecule is CC(=O)OC[C@@]12[C@@H](OC(C)=O)C[C@@H](C)[C@](C)([C@@H]3C[C@H]4CC(O)O[C@H]4O3)[C@H]1CCC[C@]21CO1. The van der Waals surface area contributed by atoms with E-state index in [0.717, 1.165) is 25.7 Å². The molecule has 2 saturated carbocycles. The molecule has 3 saturated heterocycles. The molecule has 8 nitrogen and oxygen atoms in total. The van der Waals surface area contributed by atoms with Gasteiger partial charge in [0.05, 0.1) is 18.1 Å². The van der Waals surface area contributed by atoms with Gasteiger partial charge in [-0.05, 0) is 37.5 Å². The van der Waals surface area contributed by atoms with E-state index in [-0.39, 0.29) is 60.2 Å².